The molecule has 0 radical (unpaired) electrons. The molecule has 16 heavy (non-hydrogen) atoms. The zero-order valence-electron chi connectivity index (χ0n) is 10.1. The summed E-state index contributed by atoms with van der Waals surface area (Å²) in [6.45, 7) is 6.01. The molecule has 0 aromatic heterocycles. The van der Waals surface area contributed by atoms with Crippen LogP contribution in [0.5, 0.6) is 0 Å². The van der Waals surface area contributed by atoms with Gasteiger partial charge >= 0.3 is 0 Å². The lowest BCUT2D eigenvalue weighted by molar-refractivity contribution is 0.851. The summed E-state index contributed by atoms with van der Waals surface area (Å²) in [5, 5.41) is 3.36. The molecular weight excluding hydrogens is 196 g/mol. The minimum atomic E-state index is 0.577. The highest BCUT2D eigenvalue weighted by molar-refractivity contribution is 5.68. The third kappa shape index (κ3) is 2.12. The van der Waals surface area contributed by atoms with E-state index in [4.69, 9.17) is 5.73 Å². The van der Waals surface area contributed by atoms with Gasteiger partial charge in [-0.05, 0) is 41.2 Å². The molecule has 0 saturated carbocycles. The van der Waals surface area contributed by atoms with E-state index in [0.717, 1.165) is 13.0 Å². The van der Waals surface area contributed by atoms with Crippen molar-refractivity contribution >= 4 is 11.8 Å². The maximum Gasteiger partial charge on any atom is 0.0349 e. The smallest absolute Gasteiger partial charge is 0.0349 e. The summed E-state index contributed by atoms with van der Waals surface area (Å²) in [6.07, 6.45) is 5.54. The number of benzene rings is 1. The van der Waals surface area contributed by atoms with Gasteiger partial charge in [-0.25, -0.2) is 0 Å². The summed E-state index contributed by atoms with van der Waals surface area (Å²) in [6, 6.07) is 4.49. The van der Waals surface area contributed by atoms with Crippen molar-refractivity contribution in [3.05, 3.63) is 34.9 Å². The van der Waals surface area contributed by atoms with Crippen LogP contribution >= 0.6 is 0 Å². The molecule has 0 aliphatic heterocycles. The molecule has 1 aromatic rings. The van der Waals surface area contributed by atoms with E-state index in [1.165, 1.54) is 22.4 Å². The quantitative estimate of drug-likeness (QED) is 0.812. The van der Waals surface area contributed by atoms with Crippen LogP contribution in [0.25, 0.3) is 6.08 Å². The van der Waals surface area contributed by atoms with E-state index >= 15 is 0 Å². The van der Waals surface area contributed by atoms with E-state index < -0.39 is 0 Å². The second-order valence-corrected chi connectivity index (χ2v) is 4.61. The lowest BCUT2D eigenvalue weighted by Gasteiger charge is -2.15. The third-order valence-electron chi connectivity index (χ3n) is 3.03. The summed E-state index contributed by atoms with van der Waals surface area (Å²) >= 11 is 0. The number of nitrogens with two attached hydrogens (primary N) is 1. The van der Waals surface area contributed by atoms with Crippen LogP contribution in [-0.2, 0) is 6.42 Å². The van der Waals surface area contributed by atoms with Crippen LogP contribution in [-0.4, -0.2) is 13.1 Å². The molecule has 0 saturated heterocycles. The van der Waals surface area contributed by atoms with Crippen molar-refractivity contribution < 1.29 is 0 Å². The van der Waals surface area contributed by atoms with Gasteiger partial charge < -0.3 is 11.1 Å². The molecule has 1 aliphatic rings. The van der Waals surface area contributed by atoms with E-state index in [-0.39, 0.29) is 0 Å². The van der Waals surface area contributed by atoms with Crippen molar-refractivity contribution in [2.24, 2.45) is 5.73 Å². The van der Waals surface area contributed by atoms with Gasteiger partial charge in [0.25, 0.3) is 0 Å². The molecule has 1 aromatic carbocycles. The molecule has 3 N–H and O–H groups in total. The summed E-state index contributed by atoms with van der Waals surface area (Å²) in [5.74, 6) is 0.577. The van der Waals surface area contributed by atoms with Crippen molar-refractivity contribution in [2.45, 2.75) is 26.2 Å². The van der Waals surface area contributed by atoms with Crippen LogP contribution in [0.1, 0.15) is 36.5 Å². The fraction of sp³-hybridized carbons (Fsp3) is 0.429. The molecule has 2 heteroatoms. The van der Waals surface area contributed by atoms with Gasteiger partial charge in [0.05, 0.1) is 0 Å². The standard InChI is InChI=1S/C14H20N2/c1-10(2)14-9-12(16-7-6-15)8-11-4-3-5-13(11)14/h3-4,8-10,16H,5-7,15H2,1-2H3. The monoisotopic (exact) mass is 216 g/mol. The van der Waals surface area contributed by atoms with Crippen LogP contribution < -0.4 is 11.1 Å². The van der Waals surface area contributed by atoms with Gasteiger partial charge in [-0.15, -0.1) is 0 Å². The molecule has 0 atom stereocenters. The number of fused-ring (bicyclic) bond motifs is 1. The molecule has 0 heterocycles. The SMILES string of the molecule is CC(C)c1cc(NCCN)cc2c1CC=C2. The Morgan fingerprint density at radius 1 is 1.38 bits per heavy atom. The molecular formula is C14H20N2. The Morgan fingerprint density at radius 2 is 2.19 bits per heavy atom. The Balaban J connectivity index is 2.34. The molecule has 0 amide bonds. The second-order valence-electron chi connectivity index (χ2n) is 4.61. The van der Waals surface area contributed by atoms with Crippen LogP contribution in [0.2, 0.25) is 0 Å². The van der Waals surface area contributed by atoms with Crippen molar-refractivity contribution in [2.75, 3.05) is 18.4 Å². The first-order valence-corrected chi connectivity index (χ1v) is 5.99. The van der Waals surface area contributed by atoms with Crippen molar-refractivity contribution in [1.82, 2.24) is 0 Å². The lowest BCUT2D eigenvalue weighted by atomic mass is 9.93. The number of rotatable bonds is 4. The average Bonchev–Trinajstić information content (AvgIpc) is 2.72. The first-order chi connectivity index (χ1) is 7.72. The number of nitrogens with one attached hydrogen (secondary N) is 1. The Bertz CT molecular complexity index is 405. The van der Waals surface area contributed by atoms with Gasteiger partial charge in [0.2, 0.25) is 0 Å². The highest BCUT2D eigenvalue weighted by Crippen LogP contribution is 2.31. The maximum atomic E-state index is 5.51. The molecule has 1 aliphatic carbocycles. The molecule has 0 unspecified atom stereocenters. The first kappa shape index (κ1) is 11.2. The zero-order chi connectivity index (χ0) is 11.5. The predicted octanol–water partition coefficient (Wildman–Crippen LogP) is 2.75. The molecule has 2 nitrogen and oxygen atoms in total. The first-order valence-electron chi connectivity index (χ1n) is 5.99. The maximum absolute atomic E-state index is 5.51. The second kappa shape index (κ2) is 4.71. The van der Waals surface area contributed by atoms with E-state index in [1.807, 2.05) is 0 Å². The Kier molecular flexibility index (Phi) is 3.30. The number of allylic oxidation sites excluding steroid dienone is 1. The van der Waals surface area contributed by atoms with E-state index in [0.29, 0.717) is 12.5 Å². The van der Waals surface area contributed by atoms with Crippen LogP contribution in [0.15, 0.2) is 18.2 Å². The predicted molar refractivity (Wildman–Crippen MR) is 70.8 cm³/mol. The number of anilines is 1. The molecule has 86 valence electrons. The van der Waals surface area contributed by atoms with Crippen LogP contribution in [0.4, 0.5) is 5.69 Å². The van der Waals surface area contributed by atoms with Gasteiger partial charge in [-0.1, -0.05) is 26.0 Å². The van der Waals surface area contributed by atoms with Crippen molar-refractivity contribution in [3.8, 4) is 0 Å². The topological polar surface area (TPSA) is 38.0 Å². The summed E-state index contributed by atoms with van der Waals surface area (Å²) in [5.41, 5.74) is 11.0. The Morgan fingerprint density at radius 3 is 2.88 bits per heavy atom. The lowest BCUT2D eigenvalue weighted by Crippen LogP contribution is -2.13. The van der Waals surface area contributed by atoms with Crippen LogP contribution in [0, 0.1) is 0 Å². The fourth-order valence-corrected chi connectivity index (χ4v) is 2.24. The van der Waals surface area contributed by atoms with E-state index in [1.54, 1.807) is 0 Å². The minimum absolute atomic E-state index is 0.577. The van der Waals surface area contributed by atoms with Crippen LogP contribution in [0.3, 0.4) is 0 Å². The Labute approximate surface area is 97.5 Å². The van der Waals surface area contributed by atoms with E-state index in [2.05, 4.69) is 43.4 Å². The number of hydrogen-bond acceptors (Lipinski definition) is 2. The molecule has 2 rings (SSSR count). The van der Waals surface area contributed by atoms with Gasteiger partial charge in [0.1, 0.15) is 0 Å². The zero-order valence-corrected chi connectivity index (χ0v) is 10.1. The molecule has 0 spiro atoms. The van der Waals surface area contributed by atoms with Gasteiger partial charge in [0.15, 0.2) is 0 Å². The fourth-order valence-electron chi connectivity index (χ4n) is 2.24. The minimum Gasteiger partial charge on any atom is -0.384 e. The van der Waals surface area contributed by atoms with Crippen molar-refractivity contribution in [3.63, 3.8) is 0 Å². The average molecular weight is 216 g/mol. The highest BCUT2D eigenvalue weighted by atomic mass is 14.9. The third-order valence-corrected chi connectivity index (χ3v) is 3.03. The van der Waals surface area contributed by atoms with E-state index in [9.17, 15) is 0 Å². The number of hydrogen-bond donors (Lipinski definition) is 2. The molecule has 0 fully saturated rings. The summed E-state index contributed by atoms with van der Waals surface area (Å²) in [4.78, 5) is 0. The van der Waals surface area contributed by atoms with Gasteiger partial charge in [0, 0.05) is 18.8 Å². The van der Waals surface area contributed by atoms with Gasteiger partial charge in [-0.2, -0.15) is 0 Å². The molecule has 0 bridgehead atoms. The summed E-state index contributed by atoms with van der Waals surface area (Å²) < 4.78 is 0. The summed E-state index contributed by atoms with van der Waals surface area (Å²) in [7, 11) is 0. The Hall–Kier alpha value is -1.28. The largest absolute Gasteiger partial charge is 0.384 e. The highest BCUT2D eigenvalue weighted by Gasteiger charge is 2.14. The van der Waals surface area contributed by atoms with Crippen molar-refractivity contribution in [1.29, 1.82) is 0 Å². The van der Waals surface area contributed by atoms with Gasteiger partial charge in [-0.3, -0.25) is 0 Å². The normalized spacial score (nSPS) is 13.2.